The molecule has 11 heteroatoms. The number of hydrogen-bond acceptors (Lipinski definition) is 5. The quantitative estimate of drug-likeness (QED) is 0.173. The number of methoxy groups -OCH3 is 1. The number of benzene rings is 3. The van der Waals surface area contributed by atoms with Crippen LogP contribution in [0.1, 0.15) is 42.7 Å². The fourth-order valence-electron chi connectivity index (χ4n) is 4.80. The Bertz CT molecular complexity index is 1640. The van der Waals surface area contributed by atoms with Crippen molar-refractivity contribution in [3.8, 4) is 11.8 Å². The van der Waals surface area contributed by atoms with Crippen molar-refractivity contribution >= 4 is 28.9 Å². The molecule has 1 aromatic heterocycles. The monoisotopic (exact) mass is 630 g/mol. The predicted octanol–water partition coefficient (Wildman–Crippen LogP) is 6.06. The highest BCUT2D eigenvalue weighted by Crippen LogP contribution is 2.20. The minimum absolute atomic E-state index is 0.00819. The summed E-state index contributed by atoms with van der Waals surface area (Å²) in [5.74, 6) is -1.35. The van der Waals surface area contributed by atoms with E-state index in [2.05, 4.69) is 21.7 Å². The number of nitriles is 1. The summed E-state index contributed by atoms with van der Waals surface area (Å²) in [7, 11) is 1.58. The Labute approximate surface area is 267 Å². The maximum atomic E-state index is 14.8. The second-order valence-electron chi connectivity index (χ2n) is 10.8. The van der Waals surface area contributed by atoms with E-state index in [1.54, 1.807) is 60.9 Å². The average molecular weight is 631 g/mol. The lowest BCUT2D eigenvalue weighted by Crippen LogP contribution is -2.50. The van der Waals surface area contributed by atoms with Crippen LogP contribution in [0.4, 0.5) is 14.5 Å². The highest BCUT2D eigenvalue weighted by Gasteiger charge is 2.25. The van der Waals surface area contributed by atoms with Gasteiger partial charge in [-0.2, -0.15) is 5.26 Å². The van der Waals surface area contributed by atoms with Crippen LogP contribution in [0, 0.1) is 28.9 Å². The summed E-state index contributed by atoms with van der Waals surface area (Å²) in [6.45, 7) is 4.80. The molecular formula is C34H36F2N6O2S. The van der Waals surface area contributed by atoms with Gasteiger partial charge in [0.25, 0.3) is 0 Å². The number of nitrogens with zero attached hydrogens (tertiary/aromatic N) is 4. The Morgan fingerprint density at radius 1 is 1.13 bits per heavy atom. The van der Waals surface area contributed by atoms with Crippen molar-refractivity contribution in [1.82, 2.24) is 19.8 Å². The first kappa shape index (κ1) is 33.1. The molecular weight excluding hydrogens is 594 g/mol. The normalized spacial score (nSPS) is 12.1. The van der Waals surface area contributed by atoms with Crippen LogP contribution in [0.15, 0.2) is 79.3 Å². The Morgan fingerprint density at radius 3 is 2.53 bits per heavy atom. The summed E-state index contributed by atoms with van der Waals surface area (Å²) < 4.78 is 36.0. The third-order valence-corrected chi connectivity index (χ3v) is 8.05. The Kier molecular flexibility index (Phi) is 11.6. The third kappa shape index (κ3) is 9.09. The van der Waals surface area contributed by atoms with E-state index in [4.69, 9.17) is 22.2 Å². The highest BCUT2D eigenvalue weighted by molar-refractivity contribution is 7.80. The number of nitrogens with one attached hydrogen (secondary N) is 2. The fraction of sp³-hybridized carbons (Fsp3) is 0.294. The standard InChI is InChI=1S/C34H36F2N6O2S/c1-4-23(2)31(40-32(43)16-28-18-38-22-42(28)19-25-10-8-24(17-37)9-11-25)21-41(20-26-6-5-7-30(35)33(26)36)34(45)39-27-12-14-29(44-3)15-13-27/h5-15,18,22-23,31H,4,16,19-21H2,1-3H3,(H,39,45)(H,40,43)/t23-,31+/m0/s1. The van der Waals surface area contributed by atoms with Gasteiger partial charge >= 0.3 is 0 Å². The second-order valence-corrected chi connectivity index (χ2v) is 11.2. The van der Waals surface area contributed by atoms with E-state index in [1.807, 2.05) is 30.5 Å². The topological polar surface area (TPSA) is 95.2 Å². The number of amides is 1. The van der Waals surface area contributed by atoms with Crippen molar-refractivity contribution in [3.63, 3.8) is 0 Å². The van der Waals surface area contributed by atoms with Crippen LogP contribution in [0.2, 0.25) is 0 Å². The average Bonchev–Trinajstić information content (AvgIpc) is 3.48. The molecule has 0 saturated heterocycles. The Hall–Kier alpha value is -4.82. The molecule has 0 spiro atoms. The van der Waals surface area contributed by atoms with Gasteiger partial charge in [0, 0.05) is 48.8 Å². The molecule has 2 atom stereocenters. The highest BCUT2D eigenvalue weighted by atomic mass is 32.1. The van der Waals surface area contributed by atoms with Gasteiger partial charge in [0.05, 0.1) is 31.5 Å². The van der Waals surface area contributed by atoms with Crippen molar-refractivity contribution in [2.45, 2.75) is 45.8 Å². The number of aromatic nitrogens is 2. The number of anilines is 1. The molecule has 0 saturated carbocycles. The summed E-state index contributed by atoms with van der Waals surface area (Å²) in [4.78, 5) is 19.4. The van der Waals surface area contributed by atoms with E-state index in [-0.39, 0.29) is 42.9 Å². The lowest BCUT2D eigenvalue weighted by Gasteiger charge is -2.33. The molecule has 0 bridgehead atoms. The van der Waals surface area contributed by atoms with Crippen molar-refractivity contribution in [2.75, 3.05) is 19.0 Å². The number of rotatable bonds is 13. The molecule has 3 aromatic carbocycles. The van der Waals surface area contributed by atoms with Crippen LogP contribution in [-0.2, 0) is 24.3 Å². The summed E-state index contributed by atoms with van der Waals surface area (Å²) in [6, 6.07) is 20.3. The maximum Gasteiger partial charge on any atom is 0.226 e. The van der Waals surface area contributed by atoms with E-state index in [9.17, 15) is 13.6 Å². The van der Waals surface area contributed by atoms with Crippen LogP contribution >= 0.6 is 12.2 Å². The number of thiocarbonyl (C=S) groups is 1. The van der Waals surface area contributed by atoms with Crippen molar-refractivity contribution in [2.24, 2.45) is 5.92 Å². The first-order valence-electron chi connectivity index (χ1n) is 14.6. The second kappa shape index (κ2) is 15.8. The number of halogens is 2. The summed E-state index contributed by atoms with van der Waals surface area (Å²) in [5.41, 5.74) is 3.13. The fourth-order valence-corrected chi connectivity index (χ4v) is 5.06. The van der Waals surface area contributed by atoms with Gasteiger partial charge in [0.1, 0.15) is 5.75 Å². The van der Waals surface area contributed by atoms with Crippen LogP contribution in [0.5, 0.6) is 5.75 Å². The number of imidazole rings is 1. The van der Waals surface area contributed by atoms with Crippen LogP contribution in [0.3, 0.4) is 0 Å². The number of carbonyl (C=O) groups is 1. The maximum absolute atomic E-state index is 14.8. The van der Waals surface area contributed by atoms with Crippen LogP contribution in [-0.4, -0.2) is 45.2 Å². The summed E-state index contributed by atoms with van der Waals surface area (Å²) in [5, 5.41) is 15.7. The summed E-state index contributed by atoms with van der Waals surface area (Å²) >= 11 is 5.76. The smallest absolute Gasteiger partial charge is 0.226 e. The molecule has 8 nitrogen and oxygen atoms in total. The van der Waals surface area contributed by atoms with Gasteiger partial charge < -0.3 is 24.8 Å². The van der Waals surface area contributed by atoms with E-state index in [0.717, 1.165) is 23.7 Å². The number of ether oxygens (including phenoxy) is 1. The molecule has 4 rings (SSSR count). The molecule has 1 amide bonds. The molecule has 0 radical (unpaired) electrons. The van der Waals surface area contributed by atoms with Gasteiger partial charge in [-0.1, -0.05) is 44.5 Å². The van der Waals surface area contributed by atoms with Crippen molar-refractivity contribution in [1.29, 1.82) is 5.26 Å². The van der Waals surface area contributed by atoms with Gasteiger partial charge in [0.15, 0.2) is 16.7 Å². The molecule has 0 aliphatic rings. The number of carbonyl (C=O) groups excluding carboxylic acids is 1. The molecule has 234 valence electrons. The largest absolute Gasteiger partial charge is 0.497 e. The van der Waals surface area contributed by atoms with E-state index in [0.29, 0.717) is 28.7 Å². The lowest BCUT2D eigenvalue weighted by molar-refractivity contribution is -0.121. The molecule has 1 heterocycles. The zero-order valence-electron chi connectivity index (χ0n) is 25.5. The van der Waals surface area contributed by atoms with E-state index < -0.39 is 11.6 Å². The molecule has 0 aliphatic carbocycles. The Balaban J connectivity index is 1.51. The van der Waals surface area contributed by atoms with Crippen molar-refractivity contribution in [3.05, 3.63) is 113 Å². The molecule has 0 aliphatic heterocycles. The molecule has 45 heavy (non-hydrogen) atoms. The molecule has 0 fully saturated rings. The van der Waals surface area contributed by atoms with E-state index in [1.165, 1.54) is 12.1 Å². The van der Waals surface area contributed by atoms with Gasteiger partial charge in [-0.3, -0.25) is 4.79 Å². The van der Waals surface area contributed by atoms with E-state index >= 15 is 0 Å². The van der Waals surface area contributed by atoms with Crippen LogP contribution in [0.25, 0.3) is 0 Å². The van der Waals surface area contributed by atoms with Gasteiger partial charge in [-0.25, -0.2) is 13.8 Å². The summed E-state index contributed by atoms with van der Waals surface area (Å²) in [6.07, 6.45) is 4.19. The van der Waals surface area contributed by atoms with Gasteiger partial charge in [-0.15, -0.1) is 0 Å². The van der Waals surface area contributed by atoms with Crippen molar-refractivity contribution < 1.29 is 18.3 Å². The third-order valence-electron chi connectivity index (χ3n) is 7.69. The van der Waals surface area contributed by atoms with Gasteiger partial charge in [0.2, 0.25) is 5.91 Å². The molecule has 4 aromatic rings. The SMILES string of the molecule is CC[C@H](C)[C@@H](CN(Cc1cccc(F)c1F)C(=S)Nc1ccc(OC)cc1)NC(=O)Cc1cncn1Cc1ccc(C#N)cc1. The predicted molar refractivity (Wildman–Crippen MR) is 174 cm³/mol. The first-order valence-corrected chi connectivity index (χ1v) is 15.0. The number of hydrogen-bond donors (Lipinski definition) is 2. The molecule has 2 N–H and O–H groups in total. The van der Waals surface area contributed by atoms with Gasteiger partial charge in [-0.05, 0) is 66.2 Å². The zero-order chi connectivity index (χ0) is 32.3. The Morgan fingerprint density at radius 2 is 1.87 bits per heavy atom. The lowest BCUT2D eigenvalue weighted by atomic mass is 9.98. The minimum Gasteiger partial charge on any atom is -0.497 e. The molecule has 0 unspecified atom stereocenters. The minimum atomic E-state index is -0.939. The zero-order valence-corrected chi connectivity index (χ0v) is 26.3. The van der Waals surface area contributed by atoms with Crippen LogP contribution < -0.4 is 15.4 Å². The first-order chi connectivity index (χ1) is 21.7.